The van der Waals surface area contributed by atoms with Crippen molar-refractivity contribution in [1.29, 1.82) is 0 Å². The van der Waals surface area contributed by atoms with Gasteiger partial charge in [-0.2, -0.15) is 0 Å². The maximum absolute atomic E-state index is 5.33. The summed E-state index contributed by atoms with van der Waals surface area (Å²) in [6.07, 6.45) is 5.08. The van der Waals surface area contributed by atoms with E-state index < -0.39 is 0 Å². The van der Waals surface area contributed by atoms with E-state index in [-0.39, 0.29) is 0 Å². The monoisotopic (exact) mass is 309 g/mol. The molecule has 122 valence electrons. The fraction of sp³-hybridized carbons (Fsp3) is 0.429. The first-order valence-corrected chi connectivity index (χ1v) is 8.71. The smallest absolute Gasteiger partial charge is 0.119 e. The van der Waals surface area contributed by atoms with Crippen molar-refractivity contribution in [3.63, 3.8) is 0 Å². The summed E-state index contributed by atoms with van der Waals surface area (Å²) in [6, 6.07) is 20.3. The highest BCUT2D eigenvalue weighted by Crippen LogP contribution is 2.33. The van der Waals surface area contributed by atoms with Crippen LogP contribution in [0.25, 0.3) is 0 Å². The third-order valence-electron chi connectivity index (χ3n) is 5.08. The summed E-state index contributed by atoms with van der Waals surface area (Å²) < 4.78 is 5.33. The first-order valence-electron chi connectivity index (χ1n) is 8.71. The molecule has 0 unspecified atom stereocenters. The molecule has 2 nitrogen and oxygen atoms in total. The molecule has 0 amide bonds. The van der Waals surface area contributed by atoms with Crippen LogP contribution in [-0.4, -0.2) is 13.2 Å². The molecule has 1 N–H and O–H groups in total. The summed E-state index contributed by atoms with van der Waals surface area (Å²) in [7, 11) is 1.72. The fourth-order valence-electron chi connectivity index (χ4n) is 3.68. The molecule has 2 aromatic rings. The van der Waals surface area contributed by atoms with Gasteiger partial charge in [-0.3, -0.25) is 0 Å². The number of hydrogen-bond acceptors (Lipinski definition) is 2. The molecule has 0 aromatic heterocycles. The molecule has 0 aliphatic heterocycles. The summed E-state index contributed by atoms with van der Waals surface area (Å²) in [6.45, 7) is 2.25. The summed E-state index contributed by atoms with van der Waals surface area (Å²) in [5.41, 5.74) is 2.81. The van der Waals surface area contributed by atoms with Crippen LogP contribution in [0.3, 0.4) is 0 Å². The molecular formula is C21H27NO. The molecule has 2 aromatic carbocycles. The minimum Gasteiger partial charge on any atom is -0.497 e. The number of rotatable bonds is 5. The Hall–Kier alpha value is -1.80. The van der Waals surface area contributed by atoms with Gasteiger partial charge in [0.2, 0.25) is 0 Å². The van der Waals surface area contributed by atoms with Crippen LogP contribution < -0.4 is 10.1 Å². The summed E-state index contributed by atoms with van der Waals surface area (Å²) in [5.74, 6) is 1.67. The third kappa shape index (κ3) is 4.14. The number of hydrogen-bond donors (Lipinski definition) is 1. The van der Waals surface area contributed by atoms with Gasteiger partial charge in [-0.25, -0.2) is 0 Å². The molecule has 1 fully saturated rings. The van der Waals surface area contributed by atoms with Gasteiger partial charge < -0.3 is 10.1 Å². The van der Waals surface area contributed by atoms with E-state index in [0.29, 0.717) is 12.1 Å². The first-order chi connectivity index (χ1) is 11.3. The van der Waals surface area contributed by atoms with Crippen molar-refractivity contribution in [3.05, 3.63) is 65.7 Å². The van der Waals surface area contributed by atoms with Crippen LogP contribution >= 0.6 is 0 Å². The Balaban J connectivity index is 1.54. The first kappa shape index (κ1) is 16.1. The van der Waals surface area contributed by atoms with Crippen LogP contribution in [0.4, 0.5) is 0 Å². The van der Waals surface area contributed by atoms with Crippen LogP contribution in [0.2, 0.25) is 0 Å². The molecule has 3 rings (SSSR count). The summed E-state index contributed by atoms with van der Waals surface area (Å²) in [4.78, 5) is 0. The highest BCUT2D eigenvalue weighted by atomic mass is 16.5. The molecule has 0 bridgehead atoms. The standard InChI is InChI=1S/C21H27NO/c1-16(19-9-6-10-21(15-19)23-2)22-20-13-11-18(12-14-20)17-7-4-3-5-8-17/h3-10,15-16,18,20,22H,11-14H2,1-2H3/t16-,18?,20?/m1/s1. The van der Waals surface area contributed by atoms with E-state index in [4.69, 9.17) is 4.74 Å². The molecular weight excluding hydrogens is 282 g/mol. The van der Waals surface area contributed by atoms with Gasteiger partial charge in [0.05, 0.1) is 7.11 Å². The largest absolute Gasteiger partial charge is 0.497 e. The second-order valence-electron chi connectivity index (χ2n) is 6.62. The molecule has 23 heavy (non-hydrogen) atoms. The zero-order chi connectivity index (χ0) is 16.1. The molecule has 0 spiro atoms. The molecule has 1 saturated carbocycles. The Labute approximate surface area is 139 Å². The van der Waals surface area contributed by atoms with Gasteiger partial charge in [0.25, 0.3) is 0 Å². The lowest BCUT2D eigenvalue weighted by atomic mass is 9.81. The van der Waals surface area contributed by atoms with E-state index in [9.17, 15) is 0 Å². The quantitative estimate of drug-likeness (QED) is 0.832. The Bertz CT molecular complexity index is 602. The Morgan fingerprint density at radius 2 is 1.70 bits per heavy atom. The normalized spacial score (nSPS) is 22.5. The molecule has 0 heterocycles. The van der Waals surface area contributed by atoms with E-state index in [1.54, 1.807) is 7.11 Å². The second kappa shape index (κ2) is 7.65. The SMILES string of the molecule is COc1cccc([C@@H](C)NC2CCC(c3ccccc3)CC2)c1. The van der Waals surface area contributed by atoms with Gasteiger partial charge in [0.15, 0.2) is 0 Å². The van der Waals surface area contributed by atoms with Crippen molar-refractivity contribution in [2.75, 3.05) is 7.11 Å². The average molecular weight is 309 g/mol. The Kier molecular flexibility index (Phi) is 5.35. The molecule has 0 saturated heterocycles. The molecule has 2 heteroatoms. The topological polar surface area (TPSA) is 21.3 Å². The van der Waals surface area contributed by atoms with Crippen molar-refractivity contribution in [1.82, 2.24) is 5.32 Å². The summed E-state index contributed by atoms with van der Waals surface area (Å²) in [5, 5.41) is 3.80. The van der Waals surface area contributed by atoms with Crippen LogP contribution in [0.1, 0.15) is 55.7 Å². The van der Waals surface area contributed by atoms with Crippen molar-refractivity contribution >= 4 is 0 Å². The highest BCUT2D eigenvalue weighted by Gasteiger charge is 2.23. The fourth-order valence-corrected chi connectivity index (χ4v) is 3.68. The zero-order valence-corrected chi connectivity index (χ0v) is 14.2. The van der Waals surface area contributed by atoms with Gasteiger partial charge in [0, 0.05) is 12.1 Å². The van der Waals surface area contributed by atoms with Gasteiger partial charge in [-0.05, 0) is 61.8 Å². The van der Waals surface area contributed by atoms with Crippen molar-refractivity contribution < 1.29 is 4.74 Å². The lowest BCUT2D eigenvalue weighted by Crippen LogP contribution is -2.34. The maximum Gasteiger partial charge on any atom is 0.119 e. The molecule has 0 radical (unpaired) electrons. The predicted molar refractivity (Wildman–Crippen MR) is 96.0 cm³/mol. The van der Waals surface area contributed by atoms with Crippen LogP contribution in [0.15, 0.2) is 54.6 Å². The van der Waals surface area contributed by atoms with E-state index >= 15 is 0 Å². The van der Waals surface area contributed by atoms with Crippen LogP contribution in [-0.2, 0) is 0 Å². The number of methoxy groups -OCH3 is 1. The predicted octanol–water partition coefficient (Wildman–Crippen LogP) is 5.07. The number of benzene rings is 2. The number of ether oxygens (including phenoxy) is 1. The number of nitrogens with one attached hydrogen (secondary N) is 1. The van der Waals surface area contributed by atoms with Crippen molar-refractivity contribution in [2.24, 2.45) is 0 Å². The van der Waals surface area contributed by atoms with E-state index in [1.807, 2.05) is 6.07 Å². The van der Waals surface area contributed by atoms with Gasteiger partial charge in [-0.15, -0.1) is 0 Å². The maximum atomic E-state index is 5.33. The van der Waals surface area contributed by atoms with E-state index in [0.717, 1.165) is 11.7 Å². The molecule has 1 aliphatic rings. The zero-order valence-electron chi connectivity index (χ0n) is 14.2. The summed E-state index contributed by atoms with van der Waals surface area (Å²) >= 11 is 0. The van der Waals surface area contributed by atoms with Gasteiger partial charge in [-0.1, -0.05) is 42.5 Å². The van der Waals surface area contributed by atoms with Crippen molar-refractivity contribution in [3.8, 4) is 5.75 Å². The Morgan fingerprint density at radius 3 is 2.39 bits per heavy atom. The van der Waals surface area contributed by atoms with E-state index in [2.05, 4.69) is 60.8 Å². The lowest BCUT2D eigenvalue weighted by Gasteiger charge is -2.31. The van der Waals surface area contributed by atoms with E-state index in [1.165, 1.54) is 36.8 Å². The third-order valence-corrected chi connectivity index (χ3v) is 5.08. The van der Waals surface area contributed by atoms with Crippen LogP contribution in [0, 0.1) is 0 Å². The molecule has 1 aliphatic carbocycles. The average Bonchev–Trinajstić information content (AvgIpc) is 2.63. The minimum atomic E-state index is 0.364. The molecule has 1 atom stereocenters. The van der Waals surface area contributed by atoms with Gasteiger partial charge in [0.1, 0.15) is 5.75 Å². The second-order valence-corrected chi connectivity index (χ2v) is 6.62. The van der Waals surface area contributed by atoms with Gasteiger partial charge >= 0.3 is 0 Å². The lowest BCUT2D eigenvalue weighted by molar-refractivity contribution is 0.321. The Morgan fingerprint density at radius 1 is 0.957 bits per heavy atom. The van der Waals surface area contributed by atoms with Crippen LogP contribution in [0.5, 0.6) is 5.75 Å². The van der Waals surface area contributed by atoms with Crippen molar-refractivity contribution in [2.45, 2.75) is 50.6 Å². The highest BCUT2D eigenvalue weighted by molar-refractivity contribution is 5.30. The minimum absolute atomic E-state index is 0.364.